The molecule has 18 heavy (non-hydrogen) atoms. The fourth-order valence-electron chi connectivity index (χ4n) is 2.19. The molecule has 0 aromatic carbocycles. The van der Waals surface area contributed by atoms with E-state index in [-0.39, 0.29) is 18.6 Å². The lowest BCUT2D eigenvalue weighted by Crippen LogP contribution is -2.46. The average Bonchev–Trinajstić information content (AvgIpc) is 2.81. The largest absolute Gasteiger partial charge is 0.396 e. The van der Waals surface area contributed by atoms with Crippen molar-refractivity contribution in [3.63, 3.8) is 0 Å². The molecule has 2 N–H and O–H groups in total. The van der Waals surface area contributed by atoms with E-state index in [2.05, 4.69) is 24.1 Å². The smallest absolute Gasteiger partial charge is 0.234 e. The highest BCUT2D eigenvalue weighted by molar-refractivity contribution is 7.99. The number of nitrogens with one attached hydrogen (secondary N) is 1. The Hall–Kier alpha value is -0.260. The highest BCUT2D eigenvalue weighted by Gasteiger charge is 2.23. The van der Waals surface area contributed by atoms with E-state index in [9.17, 15) is 4.79 Å². The second-order valence-electron chi connectivity index (χ2n) is 5.36. The summed E-state index contributed by atoms with van der Waals surface area (Å²) in [5.41, 5.74) is 0. The van der Waals surface area contributed by atoms with Crippen LogP contribution >= 0.6 is 11.8 Å². The van der Waals surface area contributed by atoms with E-state index in [4.69, 9.17) is 5.11 Å². The van der Waals surface area contributed by atoms with Crippen LogP contribution in [0, 0.1) is 5.92 Å². The van der Waals surface area contributed by atoms with Gasteiger partial charge < -0.3 is 10.4 Å². The van der Waals surface area contributed by atoms with E-state index >= 15 is 0 Å². The molecule has 4 nitrogen and oxygen atoms in total. The van der Waals surface area contributed by atoms with Crippen molar-refractivity contribution in [3.05, 3.63) is 0 Å². The number of nitrogens with zero attached hydrogens (tertiary/aromatic N) is 1. The van der Waals surface area contributed by atoms with Gasteiger partial charge in [0.15, 0.2) is 0 Å². The van der Waals surface area contributed by atoms with Gasteiger partial charge in [-0.05, 0) is 31.6 Å². The summed E-state index contributed by atoms with van der Waals surface area (Å²) in [6.07, 6.45) is 1.81. The van der Waals surface area contributed by atoms with Crippen LogP contribution in [-0.2, 0) is 4.79 Å². The van der Waals surface area contributed by atoms with E-state index in [0.29, 0.717) is 24.9 Å². The Morgan fingerprint density at radius 3 is 2.78 bits per heavy atom. The maximum atomic E-state index is 12.0. The van der Waals surface area contributed by atoms with Gasteiger partial charge in [0.2, 0.25) is 5.91 Å². The maximum Gasteiger partial charge on any atom is 0.234 e. The summed E-state index contributed by atoms with van der Waals surface area (Å²) in [4.78, 5) is 14.1. The minimum absolute atomic E-state index is 0.0709. The van der Waals surface area contributed by atoms with Crippen molar-refractivity contribution in [2.45, 2.75) is 38.8 Å². The number of hydrogen-bond acceptors (Lipinski definition) is 4. The Morgan fingerprint density at radius 1 is 1.56 bits per heavy atom. The Morgan fingerprint density at radius 2 is 2.28 bits per heavy atom. The first-order valence-corrected chi connectivity index (χ1v) is 7.88. The van der Waals surface area contributed by atoms with Crippen molar-refractivity contribution >= 4 is 17.7 Å². The molecule has 1 heterocycles. The molecule has 1 saturated heterocycles. The van der Waals surface area contributed by atoms with Crippen molar-refractivity contribution in [3.8, 4) is 0 Å². The molecular formula is C13H26N2O2S. The second kappa shape index (κ2) is 8.02. The molecule has 106 valence electrons. The van der Waals surface area contributed by atoms with Crippen molar-refractivity contribution in [2.24, 2.45) is 5.92 Å². The zero-order valence-electron chi connectivity index (χ0n) is 11.7. The molecule has 0 aromatic heterocycles. The third-order valence-electron chi connectivity index (χ3n) is 3.51. The van der Waals surface area contributed by atoms with Crippen LogP contribution < -0.4 is 5.32 Å². The molecule has 0 aliphatic carbocycles. The first-order chi connectivity index (χ1) is 8.54. The molecule has 1 rings (SSSR count). The molecule has 0 bridgehead atoms. The molecule has 5 heteroatoms. The number of aliphatic hydroxyl groups excluding tert-OH is 1. The van der Waals surface area contributed by atoms with Crippen LogP contribution in [0.2, 0.25) is 0 Å². The molecule has 1 aliphatic rings. The number of hydrogen-bond donors (Lipinski definition) is 2. The van der Waals surface area contributed by atoms with Crippen molar-refractivity contribution in [1.29, 1.82) is 0 Å². The fraction of sp³-hybridized carbons (Fsp3) is 0.923. The normalized spacial score (nSPS) is 21.6. The molecule has 1 fully saturated rings. The lowest BCUT2D eigenvalue weighted by Gasteiger charge is -2.26. The summed E-state index contributed by atoms with van der Waals surface area (Å²) >= 11 is 1.96. The monoisotopic (exact) mass is 274 g/mol. The van der Waals surface area contributed by atoms with Gasteiger partial charge in [-0.2, -0.15) is 11.8 Å². The van der Waals surface area contributed by atoms with Gasteiger partial charge in [-0.25, -0.2) is 0 Å². The highest BCUT2D eigenvalue weighted by Crippen LogP contribution is 2.21. The molecule has 2 unspecified atom stereocenters. The van der Waals surface area contributed by atoms with Crippen molar-refractivity contribution < 1.29 is 9.90 Å². The standard InChI is InChI=1S/C13H26N2O2S/c1-10(2)12(4-6-16)14-13(17)8-15(3)11-5-7-18-9-11/h10-12,16H,4-9H2,1-3H3,(H,14,17). The predicted molar refractivity (Wildman–Crippen MR) is 76.8 cm³/mol. The van der Waals surface area contributed by atoms with E-state index < -0.39 is 0 Å². The summed E-state index contributed by atoms with van der Waals surface area (Å²) in [6.45, 7) is 4.72. The number of rotatable bonds is 7. The van der Waals surface area contributed by atoms with E-state index in [0.717, 1.165) is 5.75 Å². The predicted octanol–water partition coefficient (Wildman–Crippen LogP) is 0.947. The van der Waals surface area contributed by atoms with Gasteiger partial charge in [0.25, 0.3) is 0 Å². The minimum atomic E-state index is 0.0709. The number of likely N-dealkylation sites (N-methyl/N-ethyl adjacent to an activating group) is 1. The third-order valence-corrected chi connectivity index (χ3v) is 4.66. The lowest BCUT2D eigenvalue weighted by atomic mass is 10.0. The molecule has 0 saturated carbocycles. The Labute approximate surface area is 115 Å². The van der Waals surface area contributed by atoms with E-state index in [1.807, 2.05) is 18.8 Å². The third kappa shape index (κ3) is 5.16. The van der Waals surface area contributed by atoms with Crippen LogP contribution in [0.1, 0.15) is 26.7 Å². The zero-order chi connectivity index (χ0) is 13.5. The van der Waals surface area contributed by atoms with Gasteiger partial charge in [0, 0.05) is 24.4 Å². The summed E-state index contributed by atoms with van der Waals surface area (Å²) in [5.74, 6) is 2.76. The number of thioether (sulfide) groups is 1. The van der Waals surface area contributed by atoms with Crippen LogP contribution in [0.4, 0.5) is 0 Å². The topological polar surface area (TPSA) is 52.6 Å². The van der Waals surface area contributed by atoms with Gasteiger partial charge >= 0.3 is 0 Å². The lowest BCUT2D eigenvalue weighted by molar-refractivity contribution is -0.123. The minimum Gasteiger partial charge on any atom is -0.396 e. The molecule has 0 spiro atoms. The molecule has 1 amide bonds. The molecule has 1 aliphatic heterocycles. The Kier molecular flexibility index (Phi) is 7.04. The van der Waals surface area contributed by atoms with Gasteiger partial charge in [-0.15, -0.1) is 0 Å². The second-order valence-corrected chi connectivity index (χ2v) is 6.51. The van der Waals surface area contributed by atoms with Crippen LogP contribution in [-0.4, -0.2) is 59.7 Å². The molecule has 0 radical (unpaired) electrons. The first kappa shape index (κ1) is 15.8. The van der Waals surface area contributed by atoms with Gasteiger partial charge in [-0.3, -0.25) is 9.69 Å². The summed E-state index contributed by atoms with van der Waals surface area (Å²) in [5, 5.41) is 12.0. The van der Waals surface area contributed by atoms with E-state index in [1.165, 1.54) is 12.2 Å². The van der Waals surface area contributed by atoms with Crippen molar-refractivity contribution in [2.75, 3.05) is 31.7 Å². The van der Waals surface area contributed by atoms with Crippen LogP contribution in [0.3, 0.4) is 0 Å². The number of aliphatic hydroxyl groups is 1. The Bertz CT molecular complexity index is 255. The summed E-state index contributed by atoms with van der Waals surface area (Å²) in [7, 11) is 2.02. The quantitative estimate of drug-likeness (QED) is 0.726. The fourth-order valence-corrected chi connectivity index (χ4v) is 3.49. The summed E-state index contributed by atoms with van der Waals surface area (Å²) in [6, 6.07) is 0.616. The number of carbonyl (C=O) groups is 1. The maximum absolute atomic E-state index is 12.0. The Balaban J connectivity index is 2.34. The molecule has 2 atom stereocenters. The van der Waals surface area contributed by atoms with Gasteiger partial charge in [-0.1, -0.05) is 13.8 Å². The zero-order valence-corrected chi connectivity index (χ0v) is 12.5. The highest BCUT2D eigenvalue weighted by atomic mass is 32.2. The van der Waals surface area contributed by atoms with Crippen molar-refractivity contribution in [1.82, 2.24) is 10.2 Å². The number of carbonyl (C=O) groups excluding carboxylic acids is 1. The van der Waals surface area contributed by atoms with Crippen LogP contribution in [0.25, 0.3) is 0 Å². The number of amides is 1. The van der Waals surface area contributed by atoms with E-state index in [1.54, 1.807) is 0 Å². The van der Waals surface area contributed by atoms with Gasteiger partial charge in [0.05, 0.1) is 6.54 Å². The van der Waals surface area contributed by atoms with Crippen LogP contribution in [0.15, 0.2) is 0 Å². The van der Waals surface area contributed by atoms with Gasteiger partial charge in [0.1, 0.15) is 0 Å². The first-order valence-electron chi connectivity index (χ1n) is 6.72. The summed E-state index contributed by atoms with van der Waals surface area (Å²) < 4.78 is 0. The van der Waals surface area contributed by atoms with Crippen LogP contribution in [0.5, 0.6) is 0 Å². The molecule has 0 aromatic rings. The average molecular weight is 274 g/mol. The molecular weight excluding hydrogens is 248 g/mol. The SMILES string of the molecule is CC(C)C(CCO)NC(=O)CN(C)C1CCSC1.